The molecular formula is C11H11NO3. The van der Waals surface area contributed by atoms with E-state index in [1.54, 1.807) is 19.1 Å². The van der Waals surface area contributed by atoms with Crippen LogP contribution in [0.1, 0.15) is 16.7 Å². The molecular weight excluding hydrogens is 194 g/mol. The molecule has 0 amide bonds. The molecule has 0 spiro atoms. The molecule has 0 heterocycles. The van der Waals surface area contributed by atoms with Crippen molar-refractivity contribution in [3.63, 3.8) is 0 Å². The molecule has 0 saturated heterocycles. The van der Waals surface area contributed by atoms with Gasteiger partial charge < -0.3 is 9.84 Å². The van der Waals surface area contributed by atoms with Gasteiger partial charge in [0.05, 0.1) is 19.1 Å². The molecule has 1 N–H and O–H groups in total. The minimum atomic E-state index is -0.902. The summed E-state index contributed by atoms with van der Waals surface area (Å²) >= 11 is 0. The SMILES string of the molecule is COc1cc(CC(=O)O)cc(C)c1C#N. The fraction of sp³-hybridized carbons (Fsp3) is 0.273. The summed E-state index contributed by atoms with van der Waals surface area (Å²) in [7, 11) is 1.46. The first-order valence-corrected chi connectivity index (χ1v) is 4.38. The molecule has 4 heteroatoms. The number of methoxy groups -OCH3 is 1. The van der Waals surface area contributed by atoms with E-state index < -0.39 is 5.97 Å². The Labute approximate surface area is 87.7 Å². The van der Waals surface area contributed by atoms with Crippen LogP contribution in [0.25, 0.3) is 0 Å². The highest BCUT2D eigenvalue weighted by Gasteiger charge is 2.10. The molecule has 0 aliphatic carbocycles. The fourth-order valence-electron chi connectivity index (χ4n) is 1.41. The van der Waals surface area contributed by atoms with E-state index in [1.165, 1.54) is 7.11 Å². The lowest BCUT2D eigenvalue weighted by Gasteiger charge is -2.07. The zero-order valence-corrected chi connectivity index (χ0v) is 8.57. The van der Waals surface area contributed by atoms with Gasteiger partial charge >= 0.3 is 5.97 Å². The molecule has 4 nitrogen and oxygen atoms in total. The number of nitriles is 1. The van der Waals surface area contributed by atoms with Gasteiger partial charge in [0.15, 0.2) is 0 Å². The summed E-state index contributed by atoms with van der Waals surface area (Å²) in [6.07, 6.45) is -0.0666. The van der Waals surface area contributed by atoms with Crippen LogP contribution >= 0.6 is 0 Å². The Kier molecular flexibility index (Phi) is 3.29. The Morgan fingerprint density at radius 1 is 1.60 bits per heavy atom. The van der Waals surface area contributed by atoms with E-state index >= 15 is 0 Å². The van der Waals surface area contributed by atoms with Crippen LogP contribution in [0.4, 0.5) is 0 Å². The van der Waals surface area contributed by atoms with E-state index in [1.807, 2.05) is 6.07 Å². The second-order valence-corrected chi connectivity index (χ2v) is 3.17. The molecule has 0 saturated carbocycles. The summed E-state index contributed by atoms with van der Waals surface area (Å²) < 4.78 is 5.02. The van der Waals surface area contributed by atoms with Crippen LogP contribution in [-0.2, 0) is 11.2 Å². The van der Waals surface area contributed by atoms with Crippen LogP contribution in [0.3, 0.4) is 0 Å². The maximum atomic E-state index is 10.5. The van der Waals surface area contributed by atoms with Gasteiger partial charge in [0, 0.05) is 0 Å². The Hall–Kier alpha value is -2.02. The number of ether oxygens (including phenoxy) is 1. The van der Waals surface area contributed by atoms with Crippen LogP contribution in [0.15, 0.2) is 12.1 Å². The molecule has 0 unspecified atom stereocenters. The van der Waals surface area contributed by atoms with Gasteiger partial charge in [-0.3, -0.25) is 4.79 Å². The van der Waals surface area contributed by atoms with Crippen molar-refractivity contribution in [3.05, 3.63) is 28.8 Å². The van der Waals surface area contributed by atoms with Gasteiger partial charge in [-0.1, -0.05) is 6.07 Å². The first-order valence-electron chi connectivity index (χ1n) is 4.38. The minimum absolute atomic E-state index is 0.0666. The topological polar surface area (TPSA) is 70.3 Å². The van der Waals surface area contributed by atoms with E-state index in [2.05, 4.69) is 0 Å². The monoisotopic (exact) mass is 205 g/mol. The Balaban J connectivity index is 3.21. The van der Waals surface area contributed by atoms with E-state index in [0.717, 1.165) is 5.56 Å². The summed E-state index contributed by atoms with van der Waals surface area (Å²) in [5.74, 6) is -0.477. The van der Waals surface area contributed by atoms with Gasteiger partial charge in [-0.05, 0) is 24.1 Å². The normalized spacial score (nSPS) is 9.40. The zero-order chi connectivity index (χ0) is 11.4. The average molecular weight is 205 g/mol. The number of carboxylic acid groups (broad SMARTS) is 1. The summed E-state index contributed by atoms with van der Waals surface area (Å²) in [4.78, 5) is 10.5. The van der Waals surface area contributed by atoms with E-state index in [0.29, 0.717) is 16.9 Å². The highest BCUT2D eigenvalue weighted by Crippen LogP contribution is 2.23. The maximum Gasteiger partial charge on any atom is 0.307 e. The highest BCUT2D eigenvalue weighted by molar-refractivity contribution is 5.71. The Morgan fingerprint density at radius 3 is 2.73 bits per heavy atom. The molecule has 1 aromatic rings. The second kappa shape index (κ2) is 4.47. The van der Waals surface area contributed by atoms with E-state index in [4.69, 9.17) is 15.1 Å². The van der Waals surface area contributed by atoms with Crippen molar-refractivity contribution in [2.45, 2.75) is 13.3 Å². The number of aryl methyl sites for hydroxylation is 1. The average Bonchev–Trinajstić information content (AvgIpc) is 2.15. The molecule has 15 heavy (non-hydrogen) atoms. The summed E-state index contributed by atoms with van der Waals surface area (Å²) in [6.45, 7) is 1.76. The van der Waals surface area contributed by atoms with Crippen LogP contribution in [0, 0.1) is 18.3 Å². The predicted octanol–water partition coefficient (Wildman–Crippen LogP) is 1.50. The summed E-state index contributed by atoms with van der Waals surface area (Å²) in [5.41, 5.74) is 1.82. The van der Waals surface area contributed by atoms with Crippen molar-refractivity contribution in [3.8, 4) is 11.8 Å². The molecule has 0 atom stereocenters. The Bertz CT molecular complexity index is 432. The largest absolute Gasteiger partial charge is 0.495 e. The second-order valence-electron chi connectivity index (χ2n) is 3.17. The predicted molar refractivity (Wildman–Crippen MR) is 53.8 cm³/mol. The zero-order valence-electron chi connectivity index (χ0n) is 8.57. The van der Waals surface area contributed by atoms with Crippen molar-refractivity contribution >= 4 is 5.97 Å². The maximum absolute atomic E-state index is 10.5. The van der Waals surface area contributed by atoms with Crippen LogP contribution < -0.4 is 4.74 Å². The van der Waals surface area contributed by atoms with Gasteiger partial charge in [0.1, 0.15) is 11.8 Å². The molecule has 0 aliphatic rings. The van der Waals surface area contributed by atoms with Gasteiger partial charge in [0.2, 0.25) is 0 Å². The van der Waals surface area contributed by atoms with Crippen molar-refractivity contribution in [2.24, 2.45) is 0 Å². The number of rotatable bonds is 3. The summed E-state index contributed by atoms with van der Waals surface area (Å²) in [6, 6.07) is 5.30. The first kappa shape index (κ1) is 11.1. The third-order valence-corrected chi connectivity index (χ3v) is 2.05. The van der Waals surface area contributed by atoms with Gasteiger partial charge in [-0.2, -0.15) is 5.26 Å². The fourth-order valence-corrected chi connectivity index (χ4v) is 1.41. The lowest BCUT2D eigenvalue weighted by molar-refractivity contribution is -0.136. The molecule has 78 valence electrons. The van der Waals surface area contributed by atoms with E-state index in [9.17, 15) is 4.79 Å². The third kappa shape index (κ3) is 2.47. The molecule has 1 rings (SSSR count). The van der Waals surface area contributed by atoms with Crippen LogP contribution in [-0.4, -0.2) is 18.2 Å². The van der Waals surface area contributed by atoms with Crippen LogP contribution in [0.5, 0.6) is 5.75 Å². The van der Waals surface area contributed by atoms with Crippen molar-refractivity contribution < 1.29 is 14.6 Å². The van der Waals surface area contributed by atoms with Crippen molar-refractivity contribution in [1.82, 2.24) is 0 Å². The van der Waals surface area contributed by atoms with E-state index in [-0.39, 0.29) is 6.42 Å². The first-order chi connectivity index (χ1) is 7.08. The molecule has 0 aromatic heterocycles. The Morgan fingerprint density at radius 2 is 2.27 bits per heavy atom. The number of aliphatic carboxylic acids is 1. The standard InChI is InChI=1S/C11H11NO3/c1-7-3-8(5-11(13)14)4-10(15-2)9(7)6-12/h3-4H,5H2,1-2H3,(H,13,14). The molecule has 0 fully saturated rings. The lowest BCUT2D eigenvalue weighted by Crippen LogP contribution is -2.02. The number of hydrogen-bond donors (Lipinski definition) is 1. The highest BCUT2D eigenvalue weighted by atomic mass is 16.5. The quantitative estimate of drug-likeness (QED) is 0.811. The van der Waals surface area contributed by atoms with Crippen molar-refractivity contribution in [1.29, 1.82) is 5.26 Å². The molecule has 0 bridgehead atoms. The van der Waals surface area contributed by atoms with Gasteiger partial charge in [0.25, 0.3) is 0 Å². The van der Waals surface area contributed by atoms with Crippen molar-refractivity contribution in [2.75, 3.05) is 7.11 Å². The van der Waals surface area contributed by atoms with Crippen LogP contribution in [0.2, 0.25) is 0 Å². The number of benzene rings is 1. The third-order valence-electron chi connectivity index (χ3n) is 2.05. The van der Waals surface area contributed by atoms with Gasteiger partial charge in [-0.25, -0.2) is 0 Å². The summed E-state index contributed by atoms with van der Waals surface area (Å²) in [5, 5.41) is 17.5. The lowest BCUT2D eigenvalue weighted by atomic mass is 10.0. The van der Waals surface area contributed by atoms with Gasteiger partial charge in [-0.15, -0.1) is 0 Å². The number of carbonyl (C=O) groups is 1. The number of carboxylic acids is 1. The molecule has 1 aromatic carbocycles. The smallest absolute Gasteiger partial charge is 0.307 e. The molecule has 0 radical (unpaired) electrons. The molecule has 0 aliphatic heterocycles. The minimum Gasteiger partial charge on any atom is -0.495 e. The number of hydrogen-bond acceptors (Lipinski definition) is 3. The number of nitrogens with zero attached hydrogens (tertiary/aromatic N) is 1.